The molecule has 0 aliphatic rings. The smallest absolute Gasteiger partial charge is 0.328 e. The van der Waals surface area contributed by atoms with Crippen LogP contribution in [0, 0.1) is 10.1 Å². The highest BCUT2D eigenvalue weighted by atomic mass is 79.9. The van der Waals surface area contributed by atoms with Gasteiger partial charge in [-0.05, 0) is 28.9 Å². The molecule has 19 heavy (non-hydrogen) atoms. The maximum atomic E-state index is 11.9. The molecule has 1 amide bonds. The number of rotatable bonds is 4. The van der Waals surface area contributed by atoms with Crippen molar-refractivity contribution < 1.29 is 19.2 Å². The van der Waals surface area contributed by atoms with Crippen LogP contribution in [-0.2, 0) is 9.53 Å². The topological polar surface area (TPSA) is 98.5 Å². The van der Waals surface area contributed by atoms with Crippen LogP contribution in [0.2, 0.25) is 0 Å². The maximum Gasteiger partial charge on any atom is 0.328 e. The maximum absolute atomic E-state index is 11.9. The predicted octanol–water partition coefficient (Wildman–Crippen LogP) is 1.65. The third-order valence-electron chi connectivity index (χ3n) is 2.32. The monoisotopic (exact) mass is 330 g/mol. The van der Waals surface area contributed by atoms with E-state index in [4.69, 9.17) is 0 Å². The summed E-state index contributed by atoms with van der Waals surface area (Å²) in [5.74, 6) is -1.21. The number of amides is 1. The minimum absolute atomic E-state index is 0.0644. The normalized spacial score (nSPS) is 11.5. The van der Waals surface area contributed by atoms with Crippen LogP contribution in [0.3, 0.4) is 0 Å². The molecule has 1 atom stereocenters. The van der Waals surface area contributed by atoms with Gasteiger partial charge < -0.3 is 10.1 Å². The van der Waals surface area contributed by atoms with E-state index in [1.54, 1.807) is 0 Å². The van der Waals surface area contributed by atoms with E-state index in [2.05, 4.69) is 26.0 Å². The second-order valence-corrected chi connectivity index (χ2v) is 4.41. The van der Waals surface area contributed by atoms with Gasteiger partial charge in [-0.15, -0.1) is 0 Å². The Morgan fingerprint density at radius 2 is 2.11 bits per heavy atom. The number of carbonyl (C=O) groups excluding carboxylic acids is 2. The zero-order valence-corrected chi connectivity index (χ0v) is 11.8. The number of halogens is 1. The van der Waals surface area contributed by atoms with Crippen LogP contribution >= 0.6 is 15.9 Å². The molecule has 8 heteroatoms. The van der Waals surface area contributed by atoms with E-state index in [0.717, 1.165) is 0 Å². The van der Waals surface area contributed by atoms with E-state index >= 15 is 0 Å². The third-order valence-corrected chi connectivity index (χ3v) is 3.16. The fourth-order valence-electron chi connectivity index (χ4n) is 1.35. The van der Waals surface area contributed by atoms with Crippen molar-refractivity contribution in [3.05, 3.63) is 38.3 Å². The number of hydrogen-bond donors (Lipinski definition) is 1. The van der Waals surface area contributed by atoms with Crippen LogP contribution in [0.15, 0.2) is 22.7 Å². The number of nitro benzene ring substituents is 1. The van der Waals surface area contributed by atoms with Crippen LogP contribution < -0.4 is 5.32 Å². The first-order valence-electron chi connectivity index (χ1n) is 5.20. The highest BCUT2D eigenvalue weighted by molar-refractivity contribution is 9.10. The summed E-state index contributed by atoms with van der Waals surface area (Å²) in [7, 11) is 1.20. The van der Waals surface area contributed by atoms with Crippen molar-refractivity contribution in [2.75, 3.05) is 7.11 Å². The predicted molar refractivity (Wildman–Crippen MR) is 69.7 cm³/mol. The average Bonchev–Trinajstić information content (AvgIpc) is 2.37. The molecule has 1 aromatic carbocycles. The molecule has 1 unspecified atom stereocenters. The number of nitrogens with zero attached hydrogens (tertiary/aromatic N) is 1. The number of carbonyl (C=O) groups is 2. The summed E-state index contributed by atoms with van der Waals surface area (Å²) in [5, 5.41) is 13.1. The van der Waals surface area contributed by atoms with Crippen LogP contribution in [-0.4, -0.2) is 30.0 Å². The van der Waals surface area contributed by atoms with Gasteiger partial charge in [-0.1, -0.05) is 6.07 Å². The summed E-state index contributed by atoms with van der Waals surface area (Å²) < 4.78 is 4.53. The first-order chi connectivity index (χ1) is 8.88. The summed E-state index contributed by atoms with van der Waals surface area (Å²) in [4.78, 5) is 33.2. The van der Waals surface area contributed by atoms with Crippen molar-refractivity contribution >= 4 is 33.5 Å². The molecule has 0 saturated heterocycles. The lowest BCUT2D eigenvalue weighted by molar-refractivity contribution is -0.385. The van der Waals surface area contributed by atoms with Crippen LogP contribution in [0.5, 0.6) is 0 Å². The molecule has 0 radical (unpaired) electrons. The molecule has 7 nitrogen and oxygen atoms in total. The number of ether oxygens (including phenoxy) is 1. The lowest BCUT2D eigenvalue weighted by Crippen LogP contribution is -2.39. The van der Waals surface area contributed by atoms with E-state index in [9.17, 15) is 19.7 Å². The van der Waals surface area contributed by atoms with Gasteiger partial charge >= 0.3 is 5.97 Å². The van der Waals surface area contributed by atoms with E-state index in [0.29, 0.717) is 0 Å². The summed E-state index contributed by atoms with van der Waals surface area (Å²) in [6.07, 6.45) is 0. The molecule has 0 aromatic heterocycles. The van der Waals surface area contributed by atoms with E-state index in [1.165, 1.54) is 32.2 Å². The Kier molecular flexibility index (Phi) is 4.99. The Bertz CT molecular complexity index is 532. The molecule has 0 aliphatic heterocycles. The van der Waals surface area contributed by atoms with Gasteiger partial charge in [0.2, 0.25) is 0 Å². The first kappa shape index (κ1) is 15.1. The summed E-state index contributed by atoms with van der Waals surface area (Å²) in [6.45, 7) is 1.45. The first-order valence-corrected chi connectivity index (χ1v) is 5.99. The zero-order valence-electron chi connectivity index (χ0n) is 10.2. The standard InChI is InChI=1S/C11H11BrN2O5/c1-6(11(16)19-2)13-10(15)7-4-3-5-8(9(7)12)14(17)18/h3-6H,1-2H3,(H,13,15). The molecule has 1 N–H and O–H groups in total. The lowest BCUT2D eigenvalue weighted by atomic mass is 10.2. The van der Waals surface area contributed by atoms with Gasteiger partial charge in [0, 0.05) is 6.07 Å². The molecule has 1 rings (SSSR count). The van der Waals surface area contributed by atoms with Gasteiger partial charge in [-0.3, -0.25) is 14.9 Å². The van der Waals surface area contributed by atoms with Crippen molar-refractivity contribution in [2.24, 2.45) is 0 Å². The SMILES string of the molecule is COC(=O)C(C)NC(=O)c1cccc([N+](=O)[O-])c1Br. The van der Waals surface area contributed by atoms with Crippen molar-refractivity contribution in [3.63, 3.8) is 0 Å². The highest BCUT2D eigenvalue weighted by Gasteiger charge is 2.22. The number of benzene rings is 1. The number of nitro groups is 1. The quantitative estimate of drug-likeness (QED) is 0.514. The van der Waals surface area contributed by atoms with Crippen LogP contribution in [0.4, 0.5) is 5.69 Å². The Hall–Kier alpha value is -1.96. The van der Waals surface area contributed by atoms with E-state index in [-0.39, 0.29) is 15.7 Å². The third kappa shape index (κ3) is 3.50. The van der Waals surface area contributed by atoms with Gasteiger partial charge in [0.25, 0.3) is 11.6 Å². The number of esters is 1. The minimum atomic E-state index is -0.844. The summed E-state index contributed by atoms with van der Waals surface area (Å²) in [5.41, 5.74) is -0.150. The average molecular weight is 331 g/mol. The zero-order chi connectivity index (χ0) is 14.6. The van der Waals surface area contributed by atoms with Crippen molar-refractivity contribution in [3.8, 4) is 0 Å². The fraction of sp³-hybridized carbons (Fsp3) is 0.273. The number of nitrogens with one attached hydrogen (secondary N) is 1. The van der Waals surface area contributed by atoms with Crippen LogP contribution in [0.25, 0.3) is 0 Å². The van der Waals surface area contributed by atoms with Gasteiger partial charge in [-0.2, -0.15) is 0 Å². The van der Waals surface area contributed by atoms with Crippen molar-refractivity contribution in [1.82, 2.24) is 5.32 Å². The molecular weight excluding hydrogens is 320 g/mol. The van der Waals surface area contributed by atoms with Gasteiger partial charge in [0.1, 0.15) is 10.5 Å². The second kappa shape index (κ2) is 6.28. The molecule has 0 fully saturated rings. The molecule has 102 valence electrons. The number of methoxy groups -OCH3 is 1. The molecule has 1 aromatic rings. The summed E-state index contributed by atoms with van der Waals surface area (Å²) >= 11 is 3.01. The van der Waals surface area contributed by atoms with Gasteiger partial charge in [0.05, 0.1) is 17.6 Å². The molecular formula is C11H11BrN2O5. The van der Waals surface area contributed by atoms with Crippen molar-refractivity contribution in [2.45, 2.75) is 13.0 Å². The molecule has 0 aliphatic carbocycles. The van der Waals surface area contributed by atoms with Gasteiger partial charge in [-0.25, -0.2) is 4.79 Å². The number of hydrogen-bond acceptors (Lipinski definition) is 5. The van der Waals surface area contributed by atoms with Gasteiger partial charge in [0.15, 0.2) is 0 Å². The second-order valence-electron chi connectivity index (χ2n) is 3.61. The van der Waals surface area contributed by atoms with E-state index < -0.39 is 22.8 Å². The Morgan fingerprint density at radius 1 is 1.47 bits per heavy atom. The molecule has 0 heterocycles. The molecule has 0 spiro atoms. The van der Waals surface area contributed by atoms with Crippen LogP contribution in [0.1, 0.15) is 17.3 Å². The molecule has 0 saturated carbocycles. The molecule has 0 bridgehead atoms. The Labute approximate surface area is 117 Å². The lowest BCUT2D eigenvalue weighted by Gasteiger charge is -2.12. The summed E-state index contributed by atoms with van der Waals surface area (Å²) in [6, 6.07) is 3.23. The minimum Gasteiger partial charge on any atom is -0.467 e. The Morgan fingerprint density at radius 3 is 2.63 bits per heavy atom. The Balaban J connectivity index is 2.98. The highest BCUT2D eigenvalue weighted by Crippen LogP contribution is 2.28. The largest absolute Gasteiger partial charge is 0.467 e. The van der Waals surface area contributed by atoms with Crippen molar-refractivity contribution in [1.29, 1.82) is 0 Å². The fourth-order valence-corrected chi connectivity index (χ4v) is 1.94. The van der Waals surface area contributed by atoms with E-state index in [1.807, 2.05) is 0 Å².